The molecule has 1 N–H and O–H groups in total. The van der Waals surface area contributed by atoms with Gasteiger partial charge in [0.15, 0.2) is 11.5 Å². The van der Waals surface area contributed by atoms with E-state index < -0.39 is 11.9 Å². The fourth-order valence-electron chi connectivity index (χ4n) is 2.34. The molecule has 2 aromatic carbocycles. The molecule has 0 saturated carbocycles. The Morgan fingerprint density at radius 1 is 0.955 bits per heavy atom. The summed E-state index contributed by atoms with van der Waals surface area (Å²) in [5, 5.41) is 11.0. The average molecular weight is 304 g/mol. The van der Waals surface area contributed by atoms with E-state index in [9.17, 15) is 14.7 Å². The summed E-state index contributed by atoms with van der Waals surface area (Å²) in [4.78, 5) is 23.8. The number of carbonyl (C=O) groups is 2. The summed E-state index contributed by atoms with van der Waals surface area (Å²) in [6, 6.07) is 4.30. The van der Waals surface area contributed by atoms with Crippen LogP contribution in [-0.2, 0) is 9.47 Å². The number of methoxy groups -OCH3 is 2. The first-order valence-corrected chi connectivity index (χ1v) is 6.32. The SMILES string of the molecule is COC(=O)c1cc(C(=O)OC)c2cc3c(cc2c1O)OCO3. The molecule has 2 aromatic rings. The number of carbonyl (C=O) groups excluding carboxylic acids is 2. The zero-order valence-electron chi connectivity index (χ0n) is 11.8. The van der Waals surface area contributed by atoms with Gasteiger partial charge in [0.1, 0.15) is 11.3 Å². The second-order valence-corrected chi connectivity index (χ2v) is 4.55. The molecule has 114 valence electrons. The monoisotopic (exact) mass is 304 g/mol. The van der Waals surface area contributed by atoms with Gasteiger partial charge in [0.2, 0.25) is 6.79 Å². The molecule has 0 spiro atoms. The van der Waals surface area contributed by atoms with Crippen molar-refractivity contribution in [2.24, 2.45) is 0 Å². The molecule has 1 aliphatic heterocycles. The Bertz CT molecular complexity index is 794. The minimum absolute atomic E-state index is 0.0455. The average Bonchev–Trinajstić information content (AvgIpc) is 2.99. The van der Waals surface area contributed by atoms with Crippen LogP contribution in [0.15, 0.2) is 18.2 Å². The molecular formula is C15H12O7. The Labute approximate surface area is 125 Å². The number of rotatable bonds is 2. The van der Waals surface area contributed by atoms with Crippen LogP contribution in [0.3, 0.4) is 0 Å². The normalized spacial score (nSPS) is 12.3. The topological polar surface area (TPSA) is 91.3 Å². The Hall–Kier alpha value is -2.96. The molecule has 0 aliphatic carbocycles. The van der Waals surface area contributed by atoms with Gasteiger partial charge in [-0.3, -0.25) is 0 Å². The van der Waals surface area contributed by atoms with Crippen molar-refractivity contribution in [3.63, 3.8) is 0 Å². The predicted octanol–water partition coefficient (Wildman–Crippen LogP) is 1.85. The summed E-state index contributed by atoms with van der Waals surface area (Å²) in [6.07, 6.45) is 0. The molecule has 7 heteroatoms. The van der Waals surface area contributed by atoms with Crippen molar-refractivity contribution in [3.05, 3.63) is 29.3 Å². The van der Waals surface area contributed by atoms with Crippen LogP contribution in [0.2, 0.25) is 0 Å². The molecule has 0 fully saturated rings. The second kappa shape index (κ2) is 5.10. The summed E-state index contributed by atoms with van der Waals surface area (Å²) >= 11 is 0. The molecule has 7 nitrogen and oxygen atoms in total. The van der Waals surface area contributed by atoms with E-state index in [1.807, 2.05) is 0 Å². The van der Waals surface area contributed by atoms with E-state index in [1.165, 1.54) is 26.4 Å². The maximum Gasteiger partial charge on any atom is 0.341 e. The third kappa shape index (κ3) is 1.98. The molecular weight excluding hydrogens is 292 g/mol. The zero-order chi connectivity index (χ0) is 15.9. The maximum atomic E-state index is 12.0. The molecule has 3 rings (SSSR count). The first-order chi connectivity index (χ1) is 10.6. The quantitative estimate of drug-likeness (QED) is 0.846. The number of benzene rings is 2. The molecule has 0 bridgehead atoms. The summed E-state index contributed by atoms with van der Waals surface area (Å²) in [5.74, 6) is -0.840. The summed E-state index contributed by atoms with van der Waals surface area (Å²) < 4.78 is 19.9. The zero-order valence-corrected chi connectivity index (χ0v) is 11.8. The van der Waals surface area contributed by atoms with Crippen molar-refractivity contribution in [3.8, 4) is 17.2 Å². The van der Waals surface area contributed by atoms with E-state index >= 15 is 0 Å². The number of fused-ring (bicyclic) bond motifs is 2. The number of phenolic OH excluding ortho intramolecular Hbond substituents is 1. The molecule has 1 aliphatic rings. The number of ether oxygens (including phenoxy) is 4. The number of phenols is 1. The molecule has 0 aromatic heterocycles. The van der Waals surface area contributed by atoms with Gasteiger partial charge < -0.3 is 24.1 Å². The standard InChI is InChI=1S/C15H12O7/c1-19-14(17)9-3-10(15(18)20-2)13(16)8-5-12-11(4-7(8)9)21-6-22-12/h3-5,16H,6H2,1-2H3. The van der Waals surface area contributed by atoms with Crippen LogP contribution in [-0.4, -0.2) is 38.1 Å². The summed E-state index contributed by atoms with van der Waals surface area (Å²) in [7, 11) is 2.41. The van der Waals surface area contributed by atoms with Crippen molar-refractivity contribution in [1.82, 2.24) is 0 Å². The van der Waals surface area contributed by atoms with E-state index in [4.69, 9.17) is 14.2 Å². The van der Waals surface area contributed by atoms with Crippen LogP contribution in [0.5, 0.6) is 17.2 Å². The van der Waals surface area contributed by atoms with Crippen LogP contribution in [0.25, 0.3) is 10.8 Å². The van der Waals surface area contributed by atoms with Crippen LogP contribution in [0, 0.1) is 0 Å². The second-order valence-electron chi connectivity index (χ2n) is 4.55. The lowest BCUT2D eigenvalue weighted by molar-refractivity contribution is 0.0597. The first kappa shape index (κ1) is 14.0. The van der Waals surface area contributed by atoms with Gasteiger partial charge in [0, 0.05) is 10.8 Å². The lowest BCUT2D eigenvalue weighted by Crippen LogP contribution is -2.08. The highest BCUT2D eigenvalue weighted by molar-refractivity contribution is 6.11. The van der Waals surface area contributed by atoms with Crippen LogP contribution in [0.4, 0.5) is 0 Å². The van der Waals surface area contributed by atoms with E-state index in [0.717, 1.165) is 0 Å². The van der Waals surface area contributed by atoms with E-state index in [-0.39, 0.29) is 29.1 Å². The van der Waals surface area contributed by atoms with Gasteiger partial charge in [0.25, 0.3) is 0 Å². The van der Waals surface area contributed by atoms with E-state index in [1.54, 1.807) is 6.07 Å². The van der Waals surface area contributed by atoms with Gasteiger partial charge >= 0.3 is 11.9 Å². The van der Waals surface area contributed by atoms with Gasteiger partial charge in [-0.25, -0.2) is 9.59 Å². The molecule has 22 heavy (non-hydrogen) atoms. The van der Waals surface area contributed by atoms with Crippen molar-refractivity contribution >= 4 is 22.7 Å². The van der Waals surface area contributed by atoms with Gasteiger partial charge in [-0.1, -0.05) is 0 Å². The highest BCUT2D eigenvalue weighted by atomic mass is 16.7. The Kier molecular flexibility index (Phi) is 3.25. The lowest BCUT2D eigenvalue weighted by Gasteiger charge is -2.11. The molecule has 0 amide bonds. The van der Waals surface area contributed by atoms with Crippen molar-refractivity contribution in [2.75, 3.05) is 21.0 Å². The van der Waals surface area contributed by atoms with Gasteiger partial charge in [-0.15, -0.1) is 0 Å². The molecule has 0 atom stereocenters. The Morgan fingerprint density at radius 2 is 1.50 bits per heavy atom. The Balaban J connectivity index is 2.37. The minimum atomic E-state index is -0.762. The third-order valence-electron chi connectivity index (χ3n) is 3.41. The number of hydrogen-bond acceptors (Lipinski definition) is 7. The third-order valence-corrected chi connectivity index (χ3v) is 3.41. The summed E-state index contributed by atoms with van der Waals surface area (Å²) in [5.41, 5.74) is -0.0109. The van der Waals surface area contributed by atoms with Gasteiger partial charge in [-0.05, 0) is 18.2 Å². The highest BCUT2D eigenvalue weighted by Crippen LogP contribution is 2.41. The summed E-state index contributed by atoms with van der Waals surface area (Å²) in [6.45, 7) is 0.0455. The molecule has 1 heterocycles. The van der Waals surface area contributed by atoms with Crippen molar-refractivity contribution < 1.29 is 33.6 Å². The van der Waals surface area contributed by atoms with Crippen molar-refractivity contribution in [1.29, 1.82) is 0 Å². The molecule has 0 radical (unpaired) electrons. The van der Waals surface area contributed by atoms with E-state index in [2.05, 4.69) is 4.74 Å². The highest BCUT2D eigenvalue weighted by Gasteiger charge is 2.24. The lowest BCUT2D eigenvalue weighted by atomic mass is 9.98. The molecule has 0 unspecified atom stereocenters. The van der Waals surface area contributed by atoms with Gasteiger partial charge in [0.05, 0.1) is 19.8 Å². The number of esters is 2. The smallest absolute Gasteiger partial charge is 0.341 e. The van der Waals surface area contributed by atoms with Gasteiger partial charge in [-0.2, -0.15) is 0 Å². The van der Waals surface area contributed by atoms with Crippen molar-refractivity contribution in [2.45, 2.75) is 0 Å². The largest absolute Gasteiger partial charge is 0.506 e. The fourth-order valence-corrected chi connectivity index (χ4v) is 2.34. The molecule has 0 saturated heterocycles. The minimum Gasteiger partial charge on any atom is -0.506 e. The predicted molar refractivity (Wildman–Crippen MR) is 74.4 cm³/mol. The van der Waals surface area contributed by atoms with Crippen LogP contribution >= 0.6 is 0 Å². The first-order valence-electron chi connectivity index (χ1n) is 6.32. The van der Waals surface area contributed by atoms with Crippen LogP contribution < -0.4 is 9.47 Å². The number of aromatic hydroxyl groups is 1. The number of hydrogen-bond donors (Lipinski definition) is 1. The fraction of sp³-hybridized carbons (Fsp3) is 0.200. The van der Waals surface area contributed by atoms with E-state index in [0.29, 0.717) is 16.9 Å². The Morgan fingerprint density at radius 3 is 2.09 bits per heavy atom. The van der Waals surface area contributed by atoms with Crippen LogP contribution in [0.1, 0.15) is 20.7 Å². The maximum absolute atomic E-state index is 12.0.